The number of hydrogen-bond donors (Lipinski definition) is 1. The van der Waals surface area contributed by atoms with Crippen molar-refractivity contribution >= 4 is 28.2 Å². The minimum atomic E-state index is -0.269. The molecular weight excluding hydrogens is 394 g/mol. The standard InChI is InChI=1S/C25H41NO3S/c1-3-5-6-7-8-9-10-11-15-18-22(27)26-24-23(25(28)29-19-4-2)20-16-13-12-14-17-21(20)30-24/h3-19H2,1-2H3,(H,26,27). The lowest BCUT2D eigenvalue weighted by molar-refractivity contribution is -0.116. The summed E-state index contributed by atoms with van der Waals surface area (Å²) in [5, 5.41) is 3.76. The van der Waals surface area contributed by atoms with Crippen molar-refractivity contribution in [2.45, 2.75) is 117 Å². The quantitative estimate of drug-likeness (QED) is 0.188. The molecule has 0 atom stereocenters. The summed E-state index contributed by atoms with van der Waals surface area (Å²) in [5.41, 5.74) is 1.75. The number of nitrogens with one attached hydrogen (secondary N) is 1. The molecular formula is C25H41NO3S. The minimum Gasteiger partial charge on any atom is -0.462 e. The number of unbranched alkanes of at least 4 members (excludes halogenated alkanes) is 8. The smallest absolute Gasteiger partial charge is 0.341 e. The van der Waals surface area contributed by atoms with Crippen LogP contribution in [0.15, 0.2) is 0 Å². The van der Waals surface area contributed by atoms with Crippen LogP contribution in [0.1, 0.15) is 125 Å². The van der Waals surface area contributed by atoms with Crippen LogP contribution in [0.3, 0.4) is 0 Å². The zero-order valence-electron chi connectivity index (χ0n) is 19.2. The number of rotatable bonds is 14. The Bertz CT molecular complexity index is 653. The van der Waals surface area contributed by atoms with E-state index in [1.807, 2.05) is 6.92 Å². The lowest BCUT2D eigenvalue weighted by Gasteiger charge is -2.09. The molecule has 2 rings (SSSR count). The average Bonchev–Trinajstić information content (AvgIpc) is 2.91. The molecule has 1 aromatic rings. The van der Waals surface area contributed by atoms with E-state index < -0.39 is 0 Å². The maximum absolute atomic E-state index is 12.7. The number of ether oxygens (including phenoxy) is 1. The summed E-state index contributed by atoms with van der Waals surface area (Å²) in [7, 11) is 0. The second kappa shape index (κ2) is 14.6. The molecule has 0 bridgehead atoms. The maximum atomic E-state index is 12.7. The molecule has 170 valence electrons. The van der Waals surface area contributed by atoms with E-state index in [2.05, 4.69) is 12.2 Å². The predicted octanol–water partition coefficient (Wildman–Crippen LogP) is 7.44. The Balaban J connectivity index is 1.83. The highest BCUT2D eigenvalue weighted by Gasteiger charge is 2.26. The van der Waals surface area contributed by atoms with Crippen LogP contribution in [-0.2, 0) is 22.4 Å². The van der Waals surface area contributed by atoms with Crippen molar-refractivity contribution < 1.29 is 14.3 Å². The lowest BCUT2D eigenvalue weighted by Crippen LogP contribution is -2.15. The summed E-state index contributed by atoms with van der Waals surface area (Å²) in [6.45, 7) is 4.67. The summed E-state index contributed by atoms with van der Waals surface area (Å²) in [5.74, 6) is -0.242. The highest BCUT2D eigenvalue weighted by molar-refractivity contribution is 7.17. The topological polar surface area (TPSA) is 55.4 Å². The first-order chi connectivity index (χ1) is 14.7. The molecule has 0 unspecified atom stereocenters. The molecule has 4 nitrogen and oxygen atoms in total. The Morgan fingerprint density at radius 1 is 0.867 bits per heavy atom. The average molecular weight is 436 g/mol. The molecule has 1 N–H and O–H groups in total. The van der Waals surface area contributed by atoms with Gasteiger partial charge in [-0.25, -0.2) is 4.79 Å². The van der Waals surface area contributed by atoms with Crippen molar-refractivity contribution in [3.8, 4) is 0 Å². The van der Waals surface area contributed by atoms with Gasteiger partial charge in [0.15, 0.2) is 0 Å². The van der Waals surface area contributed by atoms with Gasteiger partial charge < -0.3 is 10.1 Å². The number of anilines is 1. The summed E-state index contributed by atoms with van der Waals surface area (Å²) >= 11 is 1.59. The molecule has 1 aliphatic rings. The first-order valence-corrected chi connectivity index (χ1v) is 13.1. The summed E-state index contributed by atoms with van der Waals surface area (Å²) in [6, 6.07) is 0. The van der Waals surface area contributed by atoms with Gasteiger partial charge in [-0.2, -0.15) is 0 Å². The molecule has 0 saturated carbocycles. The molecule has 0 spiro atoms. The fourth-order valence-corrected chi connectivity index (χ4v) is 5.39. The normalized spacial score (nSPS) is 13.5. The van der Waals surface area contributed by atoms with Crippen LogP contribution in [0.4, 0.5) is 5.00 Å². The predicted molar refractivity (Wildman–Crippen MR) is 127 cm³/mol. The molecule has 0 aromatic carbocycles. The minimum absolute atomic E-state index is 0.0268. The van der Waals surface area contributed by atoms with Gasteiger partial charge >= 0.3 is 5.97 Å². The van der Waals surface area contributed by atoms with Crippen LogP contribution in [-0.4, -0.2) is 18.5 Å². The van der Waals surface area contributed by atoms with Crippen molar-refractivity contribution in [3.63, 3.8) is 0 Å². The summed E-state index contributed by atoms with van der Waals surface area (Å²) in [6.07, 6.45) is 17.9. The van der Waals surface area contributed by atoms with E-state index in [9.17, 15) is 9.59 Å². The van der Waals surface area contributed by atoms with Crippen molar-refractivity contribution in [1.29, 1.82) is 0 Å². The van der Waals surface area contributed by atoms with E-state index in [1.54, 1.807) is 11.3 Å². The number of carbonyl (C=O) groups excluding carboxylic acids is 2. The van der Waals surface area contributed by atoms with Crippen molar-refractivity contribution in [2.75, 3.05) is 11.9 Å². The van der Waals surface area contributed by atoms with Crippen molar-refractivity contribution in [1.82, 2.24) is 0 Å². The van der Waals surface area contributed by atoms with E-state index in [4.69, 9.17) is 4.74 Å². The van der Waals surface area contributed by atoms with E-state index in [-0.39, 0.29) is 11.9 Å². The van der Waals surface area contributed by atoms with Gasteiger partial charge in [0.25, 0.3) is 0 Å². The third-order valence-corrected chi connectivity index (χ3v) is 7.03. The van der Waals surface area contributed by atoms with Gasteiger partial charge in [-0.15, -0.1) is 11.3 Å². The second-order valence-corrected chi connectivity index (χ2v) is 9.64. The number of esters is 1. The van der Waals surface area contributed by atoms with Crippen LogP contribution in [0.25, 0.3) is 0 Å². The van der Waals surface area contributed by atoms with Gasteiger partial charge in [-0.1, -0.05) is 71.6 Å². The molecule has 0 aliphatic heterocycles. The lowest BCUT2D eigenvalue weighted by atomic mass is 10.1. The molecule has 0 saturated heterocycles. The number of hydrogen-bond acceptors (Lipinski definition) is 4. The Kier molecular flexibility index (Phi) is 12.1. The van der Waals surface area contributed by atoms with Gasteiger partial charge in [-0.3, -0.25) is 4.79 Å². The van der Waals surface area contributed by atoms with E-state index in [1.165, 1.54) is 56.2 Å². The van der Waals surface area contributed by atoms with Crippen molar-refractivity contribution in [2.24, 2.45) is 0 Å². The fraction of sp³-hybridized carbons (Fsp3) is 0.760. The highest BCUT2D eigenvalue weighted by Crippen LogP contribution is 2.38. The molecule has 0 fully saturated rings. The Morgan fingerprint density at radius 2 is 1.53 bits per heavy atom. The van der Waals surface area contributed by atoms with Crippen molar-refractivity contribution in [3.05, 3.63) is 16.0 Å². The first kappa shape index (κ1) is 24.9. The molecule has 1 heterocycles. The zero-order chi connectivity index (χ0) is 21.6. The number of carbonyl (C=O) groups is 2. The SMILES string of the molecule is CCCCCCCCCCCC(=O)Nc1sc2c(c1C(=O)OCCC)CCCCC2. The molecule has 0 radical (unpaired) electrons. The van der Waals surface area contributed by atoms with E-state index in [0.717, 1.165) is 50.5 Å². The molecule has 1 aromatic heterocycles. The molecule has 30 heavy (non-hydrogen) atoms. The third kappa shape index (κ3) is 8.41. The van der Waals surface area contributed by atoms with Gasteiger partial charge in [0.2, 0.25) is 5.91 Å². The van der Waals surface area contributed by atoms with Gasteiger partial charge in [0.1, 0.15) is 5.00 Å². The third-order valence-electron chi connectivity index (χ3n) is 5.82. The number of thiophene rings is 1. The Labute approximate surface area is 187 Å². The number of fused-ring (bicyclic) bond motifs is 1. The first-order valence-electron chi connectivity index (χ1n) is 12.3. The van der Waals surface area contributed by atoms with E-state index in [0.29, 0.717) is 23.6 Å². The molecule has 1 aliphatic carbocycles. The van der Waals surface area contributed by atoms with Crippen LogP contribution < -0.4 is 5.32 Å². The number of aryl methyl sites for hydroxylation is 1. The molecule has 1 amide bonds. The largest absolute Gasteiger partial charge is 0.462 e. The van der Waals surface area contributed by atoms with Crippen LogP contribution in [0.5, 0.6) is 0 Å². The van der Waals surface area contributed by atoms with E-state index >= 15 is 0 Å². The second-order valence-electron chi connectivity index (χ2n) is 8.53. The summed E-state index contributed by atoms with van der Waals surface area (Å²) in [4.78, 5) is 26.5. The van der Waals surface area contributed by atoms with Crippen LogP contribution in [0.2, 0.25) is 0 Å². The Morgan fingerprint density at radius 3 is 2.23 bits per heavy atom. The molecule has 5 heteroatoms. The van der Waals surface area contributed by atoms with Gasteiger partial charge in [0.05, 0.1) is 12.2 Å². The maximum Gasteiger partial charge on any atom is 0.341 e. The Hall–Kier alpha value is -1.36. The highest BCUT2D eigenvalue weighted by atomic mass is 32.1. The number of amides is 1. The summed E-state index contributed by atoms with van der Waals surface area (Å²) < 4.78 is 5.44. The van der Waals surface area contributed by atoms with Gasteiger partial charge in [-0.05, 0) is 44.1 Å². The van der Waals surface area contributed by atoms with Crippen LogP contribution in [0, 0.1) is 0 Å². The van der Waals surface area contributed by atoms with Crippen LogP contribution >= 0.6 is 11.3 Å². The monoisotopic (exact) mass is 435 g/mol. The zero-order valence-corrected chi connectivity index (χ0v) is 20.0. The van der Waals surface area contributed by atoms with Gasteiger partial charge in [0, 0.05) is 11.3 Å². The fourth-order valence-electron chi connectivity index (χ4n) is 4.10.